The fourth-order valence-electron chi connectivity index (χ4n) is 1.79. The van der Waals surface area contributed by atoms with Crippen molar-refractivity contribution >= 4 is 17.3 Å². The van der Waals surface area contributed by atoms with Gasteiger partial charge in [-0.25, -0.2) is 4.79 Å². The number of nitro benzene ring substituents is 1. The van der Waals surface area contributed by atoms with E-state index in [0.717, 1.165) is 5.56 Å². The normalized spacial score (nSPS) is 10.0. The van der Waals surface area contributed by atoms with Crippen LogP contribution in [0, 0.1) is 10.1 Å². The minimum Gasteiger partial charge on any atom is -0.478 e. The standard InChI is InChI=1S/C14H12N2O4/c17-14(18)11-5-3-4-10(8-11)9-15-12-6-1-2-7-13(12)16(19)20/h1-8,15H,9H2,(H,17,18). The predicted octanol–water partition coefficient (Wildman–Crippen LogP) is 2.91. The minimum atomic E-state index is -1.00. The lowest BCUT2D eigenvalue weighted by Crippen LogP contribution is -2.04. The summed E-state index contributed by atoms with van der Waals surface area (Å²) >= 11 is 0. The summed E-state index contributed by atoms with van der Waals surface area (Å²) in [5.74, 6) is -1.00. The van der Waals surface area contributed by atoms with Gasteiger partial charge in [-0.05, 0) is 23.8 Å². The second-order valence-corrected chi connectivity index (χ2v) is 4.13. The first-order chi connectivity index (χ1) is 9.58. The van der Waals surface area contributed by atoms with Crippen LogP contribution < -0.4 is 5.32 Å². The molecular formula is C14H12N2O4. The highest BCUT2D eigenvalue weighted by molar-refractivity contribution is 5.87. The van der Waals surface area contributed by atoms with Gasteiger partial charge in [0.1, 0.15) is 5.69 Å². The average Bonchev–Trinajstić information content (AvgIpc) is 2.45. The first-order valence-corrected chi connectivity index (χ1v) is 5.87. The Morgan fingerprint density at radius 2 is 1.95 bits per heavy atom. The Hall–Kier alpha value is -2.89. The van der Waals surface area contributed by atoms with Crippen LogP contribution in [-0.4, -0.2) is 16.0 Å². The van der Waals surface area contributed by atoms with Gasteiger partial charge >= 0.3 is 5.97 Å². The van der Waals surface area contributed by atoms with Crippen LogP contribution in [0.5, 0.6) is 0 Å². The van der Waals surface area contributed by atoms with E-state index in [9.17, 15) is 14.9 Å². The SMILES string of the molecule is O=C(O)c1cccc(CNc2ccccc2[N+](=O)[O-])c1. The van der Waals surface area contributed by atoms with E-state index in [1.165, 1.54) is 18.2 Å². The van der Waals surface area contributed by atoms with E-state index in [1.54, 1.807) is 30.3 Å². The van der Waals surface area contributed by atoms with Gasteiger partial charge in [-0.2, -0.15) is 0 Å². The van der Waals surface area contributed by atoms with E-state index in [4.69, 9.17) is 5.11 Å². The molecule has 0 aromatic heterocycles. The minimum absolute atomic E-state index is 0.0121. The molecule has 0 aliphatic rings. The number of nitro groups is 1. The van der Waals surface area contributed by atoms with E-state index < -0.39 is 10.9 Å². The number of hydrogen-bond donors (Lipinski definition) is 2. The van der Waals surface area contributed by atoms with Crippen LogP contribution in [-0.2, 0) is 6.54 Å². The number of para-hydroxylation sites is 2. The van der Waals surface area contributed by atoms with Crippen molar-refractivity contribution in [2.75, 3.05) is 5.32 Å². The highest BCUT2D eigenvalue weighted by Crippen LogP contribution is 2.23. The number of carbonyl (C=O) groups is 1. The third-order valence-corrected chi connectivity index (χ3v) is 2.76. The molecule has 20 heavy (non-hydrogen) atoms. The van der Waals surface area contributed by atoms with Gasteiger partial charge < -0.3 is 10.4 Å². The Morgan fingerprint density at radius 1 is 1.20 bits per heavy atom. The summed E-state index contributed by atoms with van der Waals surface area (Å²) in [5.41, 5.74) is 1.31. The van der Waals surface area contributed by atoms with Crippen molar-refractivity contribution < 1.29 is 14.8 Å². The molecule has 0 heterocycles. The molecular weight excluding hydrogens is 260 g/mol. The first-order valence-electron chi connectivity index (χ1n) is 5.87. The van der Waals surface area contributed by atoms with E-state index in [1.807, 2.05) is 0 Å². The quantitative estimate of drug-likeness (QED) is 0.644. The lowest BCUT2D eigenvalue weighted by molar-refractivity contribution is -0.384. The van der Waals surface area contributed by atoms with Gasteiger partial charge in [-0.3, -0.25) is 10.1 Å². The molecule has 0 amide bonds. The Balaban J connectivity index is 2.15. The highest BCUT2D eigenvalue weighted by atomic mass is 16.6. The zero-order valence-electron chi connectivity index (χ0n) is 10.4. The molecule has 2 aromatic rings. The number of aromatic carboxylic acids is 1. The monoisotopic (exact) mass is 272 g/mol. The lowest BCUT2D eigenvalue weighted by Gasteiger charge is -2.07. The van der Waals surface area contributed by atoms with Crippen LogP contribution in [0.1, 0.15) is 15.9 Å². The van der Waals surface area contributed by atoms with Gasteiger partial charge in [0.15, 0.2) is 0 Å². The number of rotatable bonds is 5. The summed E-state index contributed by atoms with van der Waals surface area (Å²) in [6, 6.07) is 12.7. The number of nitrogens with one attached hydrogen (secondary N) is 1. The summed E-state index contributed by atoms with van der Waals surface area (Å²) in [6.45, 7) is 0.311. The van der Waals surface area contributed by atoms with Crippen molar-refractivity contribution in [1.29, 1.82) is 0 Å². The van der Waals surface area contributed by atoms with E-state index in [0.29, 0.717) is 12.2 Å². The Kier molecular flexibility index (Phi) is 3.95. The summed E-state index contributed by atoms with van der Waals surface area (Å²) in [7, 11) is 0. The molecule has 0 aliphatic carbocycles. The van der Waals surface area contributed by atoms with Crippen molar-refractivity contribution in [2.45, 2.75) is 6.54 Å². The number of nitrogens with zero attached hydrogens (tertiary/aromatic N) is 1. The fourth-order valence-corrected chi connectivity index (χ4v) is 1.79. The third kappa shape index (κ3) is 3.11. The van der Waals surface area contributed by atoms with Gasteiger partial charge in [0.05, 0.1) is 10.5 Å². The maximum absolute atomic E-state index is 10.9. The molecule has 0 atom stereocenters. The molecule has 2 N–H and O–H groups in total. The smallest absolute Gasteiger partial charge is 0.335 e. The average molecular weight is 272 g/mol. The second kappa shape index (κ2) is 5.83. The Bertz CT molecular complexity index is 655. The molecule has 6 heteroatoms. The summed E-state index contributed by atoms with van der Waals surface area (Å²) in [5, 5.41) is 22.7. The molecule has 0 aliphatic heterocycles. The summed E-state index contributed by atoms with van der Waals surface area (Å²) in [6.07, 6.45) is 0. The molecule has 0 unspecified atom stereocenters. The van der Waals surface area contributed by atoms with Crippen LogP contribution in [0.3, 0.4) is 0 Å². The van der Waals surface area contributed by atoms with Gasteiger partial charge in [0, 0.05) is 12.6 Å². The molecule has 0 bridgehead atoms. The maximum atomic E-state index is 10.9. The number of benzene rings is 2. The van der Waals surface area contributed by atoms with Crippen molar-refractivity contribution in [3.63, 3.8) is 0 Å². The molecule has 0 saturated carbocycles. The number of carboxylic acids is 1. The van der Waals surface area contributed by atoms with Gasteiger partial charge in [-0.15, -0.1) is 0 Å². The van der Waals surface area contributed by atoms with Crippen molar-refractivity contribution in [3.8, 4) is 0 Å². The van der Waals surface area contributed by atoms with Gasteiger partial charge in [0.25, 0.3) is 5.69 Å². The van der Waals surface area contributed by atoms with E-state index in [2.05, 4.69) is 5.32 Å². The molecule has 0 saturated heterocycles. The fraction of sp³-hybridized carbons (Fsp3) is 0.0714. The van der Waals surface area contributed by atoms with Crippen molar-refractivity contribution in [1.82, 2.24) is 0 Å². The molecule has 102 valence electrons. The summed E-state index contributed by atoms with van der Waals surface area (Å²) < 4.78 is 0. The van der Waals surface area contributed by atoms with Crippen LogP contribution in [0.4, 0.5) is 11.4 Å². The zero-order valence-corrected chi connectivity index (χ0v) is 10.4. The molecule has 0 fully saturated rings. The predicted molar refractivity (Wildman–Crippen MR) is 73.8 cm³/mol. The zero-order chi connectivity index (χ0) is 14.5. The number of hydrogen-bond acceptors (Lipinski definition) is 4. The molecule has 0 radical (unpaired) electrons. The van der Waals surface area contributed by atoms with Crippen LogP contribution in [0.25, 0.3) is 0 Å². The molecule has 6 nitrogen and oxygen atoms in total. The number of carboxylic acid groups (broad SMARTS) is 1. The van der Waals surface area contributed by atoms with Crippen LogP contribution in [0.15, 0.2) is 48.5 Å². The van der Waals surface area contributed by atoms with Crippen LogP contribution >= 0.6 is 0 Å². The largest absolute Gasteiger partial charge is 0.478 e. The number of anilines is 1. The topological polar surface area (TPSA) is 92.5 Å². The maximum Gasteiger partial charge on any atom is 0.335 e. The lowest BCUT2D eigenvalue weighted by atomic mass is 10.1. The van der Waals surface area contributed by atoms with Crippen molar-refractivity contribution in [2.24, 2.45) is 0 Å². The molecule has 2 aromatic carbocycles. The molecule has 0 spiro atoms. The van der Waals surface area contributed by atoms with Crippen molar-refractivity contribution in [3.05, 3.63) is 69.8 Å². The summed E-state index contributed by atoms with van der Waals surface area (Å²) in [4.78, 5) is 21.3. The van der Waals surface area contributed by atoms with E-state index in [-0.39, 0.29) is 11.3 Å². The second-order valence-electron chi connectivity index (χ2n) is 4.13. The van der Waals surface area contributed by atoms with Crippen LogP contribution in [0.2, 0.25) is 0 Å². The highest BCUT2D eigenvalue weighted by Gasteiger charge is 2.11. The third-order valence-electron chi connectivity index (χ3n) is 2.76. The Labute approximate surface area is 114 Å². The van der Waals surface area contributed by atoms with Gasteiger partial charge in [0.2, 0.25) is 0 Å². The Morgan fingerprint density at radius 3 is 2.65 bits per heavy atom. The van der Waals surface area contributed by atoms with E-state index >= 15 is 0 Å². The first kappa shape index (κ1) is 13.5. The van der Waals surface area contributed by atoms with Gasteiger partial charge in [-0.1, -0.05) is 24.3 Å². The molecule has 2 rings (SSSR count).